The van der Waals surface area contributed by atoms with E-state index in [1.807, 2.05) is 27.7 Å². The molecule has 1 saturated heterocycles. The van der Waals surface area contributed by atoms with Crippen molar-refractivity contribution >= 4 is 5.91 Å². The highest BCUT2D eigenvalue weighted by Gasteiger charge is 2.26. The van der Waals surface area contributed by atoms with Gasteiger partial charge in [-0.3, -0.25) is 4.79 Å². The van der Waals surface area contributed by atoms with Gasteiger partial charge in [0.25, 0.3) is 0 Å². The molecule has 5 nitrogen and oxygen atoms in total. The second-order valence-corrected chi connectivity index (χ2v) is 5.46. The summed E-state index contributed by atoms with van der Waals surface area (Å²) in [4.78, 5) is 11.3. The highest BCUT2D eigenvalue weighted by molar-refractivity contribution is 5.80. The van der Waals surface area contributed by atoms with Crippen LogP contribution in [0.5, 0.6) is 0 Å². The molecule has 0 aliphatic carbocycles. The summed E-state index contributed by atoms with van der Waals surface area (Å²) in [6, 6.07) is -0.211. The van der Waals surface area contributed by atoms with Crippen LogP contribution >= 0.6 is 0 Å². The fourth-order valence-electron chi connectivity index (χ4n) is 2.33. The molecule has 0 bridgehead atoms. The maximum atomic E-state index is 11.3. The summed E-state index contributed by atoms with van der Waals surface area (Å²) in [7, 11) is 0. The fourth-order valence-corrected chi connectivity index (χ4v) is 2.33. The average Bonchev–Trinajstić information content (AvgIpc) is 2.21. The third-order valence-electron chi connectivity index (χ3n) is 3.03. The van der Waals surface area contributed by atoms with Gasteiger partial charge in [-0.05, 0) is 26.7 Å². The number of carbonyl (C=O) groups is 1. The van der Waals surface area contributed by atoms with E-state index in [2.05, 4.69) is 5.32 Å². The Bertz CT molecular complexity index is 261. The Kier molecular flexibility index (Phi) is 6.05. The zero-order valence-electron chi connectivity index (χ0n) is 11.8. The first-order valence-electron chi connectivity index (χ1n) is 6.71. The Morgan fingerprint density at radius 1 is 1.39 bits per heavy atom. The third-order valence-corrected chi connectivity index (χ3v) is 3.03. The molecule has 1 aliphatic rings. The van der Waals surface area contributed by atoms with Gasteiger partial charge < -0.3 is 20.5 Å². The number of amides is 1. The van der Waals surface area contributed by atoms with E-state index in [1.165, 1.54) is 0 Å². The number of ether oxygens (including phenoxy) is 2. The van der Waals surface area contributed by atoms with Gasteiger partial charge in [0.05, 0.1) is 24.9 Å². The molecule has 1 aliphatic heterocycles. The first kappa shape index (κ1) is 15.4. The van der Waals surface area contributed by atoms with Crippen LogP contribution in [0.1, 0.15) is 40.5 Å². The third kappa shape index (κ3) is 5.33. The second-order valence-electron chi connectivity index (χ2n) is 5.46. The molecule has 1 rings (SSSR count). The van der Waals surface area contributed by atoms with Crippen molar-refractivity contribution < 1.29 is 14.3 Å². The van der Waals surface area contributed by atoms with Crippen LogP contribution in [0.25, 0.3) is 0 Å². The van der Waals surface area contributed by atoms with Gasteiger partial charge in [-0.15, -0.1) is 0 Å². The normalized spacial score (nSPS) is 30.4. The summed E-state index contributed by atoms with van der Waals surface area (Å²) >= 11 is 0. The molecule has 3 unspecified atom stereocenters. The molecule has 3 N–H and O–H groups in total. The minimum atomic E-state index is -0.418. The molecule has 0 spiro atoms. The molecule has 1 fully saturated rings. The van der Waals surface area contributed by atoms with E-state index in [9.17, 15) is 4.79 Å². The van der Waals surface area contributed by atoms with E-state index in [0.29, 0.717) is 6.61 Å². The lowest BCUT2D eigenvalue weighted by atomic mass is 10.0. The highest BCUT2D eigenvalue weighted by Crippen LogP contribution is 2.21. The van der Waals surface area contributed by atoms with Crippen molar-refractivity contribution in [2.45, 2.75) is 70.9 Å². The van der Waals surface area contributed by atoms with Crippen molar-refractivity contribution in [2.24, 2.45) is 5.73 Å². The maximum absolute atomic E-state index is 11.3. The Balaban J connectivity index is 2.39. The van der Waals surface area contributed by atoms with Crippen LogP contribution in [0, 0.1) is 0 Å². The number of rotatable bonds is 6. The van der Waals surface area contributed by atoms with E-state index in [4.69, 9.17) is 15.2 Å². The number of hydrogen-bond acceptors (Lipinski definition) is 4. The number of hydrogen-bond donors (Lipinski definition) is 2. The zero-order valence-corrected chi connectivity index (χ0v) is 11.8. The van der Waals surface area contributed by atoms with Gasteiger partial charge in [0.15, 0.2) is 0 Å². The Morgan fingerprint density at radius 2 is 1.94 bits per heavy atom. The van der Waals surface area contributed by atoms with Gasteiger partial charge in [0, 0.05) is 6.04 Å². The smallest absolute Gasteiger partial charge is 0.236 e. The lowest BCUT2D eigenvalue weighted by molar-refractivity contribution is -0.126. The van der Waals surface area contributed by atoms with Crippen LogP contribution in [0.4, 0.5) is 0 Å². The molecule has 0 aromatic heterocycles. The maximum Gasteiger partial charge on any atom is 0.236 e. The molecule has 5 heteroatoms. The van der Waals surface area contributed by atoms with Gasteiger partial charge >= 0.3 is 0 Å². The van der Waals surface area contributed by atoms with Gasteiger partial charge in [-0.1, -0.05) is 13.8 Å². The van der Waals surface area contributed by atoms with Crippen molar-refractivity contribution in [1.29, 1.82) is 0 Å². The molecule has 18 heavy (non-hydrogen) atoms. The number of nitrogens with one attached hydrogen (secondary N) is 1. The van der Waals surface area contributed by atoms with Crippen LogP contribution in [0.15, 0.2) is 0 Å². The molecule has 0 saturated carbocycles. The molecule has 0 radical (unpaired) electrons. The van der Waals surface area contributed by atoms with E-state index in [0.717, 1.165) is 12.8 Å². The number of carbonyl (C=O) groups excluding carboxylic acids is 1. The minimum Gasteiger partial charge on any atom is -0.376 e. The molecule has 0 aromatic rings. The molecule has 1 amide bonds. The van der Waals surface area contributed by atoms with E-state index in [1.54, 1.807) is 0 Å². The van der Waals surface area contributed by atoms with Crippen LogP contribution in [0.2, 0.25) is 0 Å². The van der Waals surface area contributed by atoms with Crippen molar-refractivity contribution in [3.63, 3.8) is 0 Å². The molecule has 106 valence electrons. The first-order chi connectivity index (χ1) is 8.38. The Hall–Kier alpha value is -0.650. The SMILES string of the molecule is CC(C)NC(COC1CC(C)OC(C)C1)C(N)=O. The minimum absolute atomic E-state index is 0.152. The Labute approximate surface area is 109 Å². The summed E-state index contributed by atoms with van der Waals surface area (Å²) in [5, 5.41) is 3.11. The van der Waals surface area contributed by atoms with E-state index in [-0.39, 0.29) is 30.3 Å². The van der Waals surface area contributed by atoms with Crippen LogP contribution in [-0.2, 0) is 14.3 Å². The topological polar surface area (TPSA) is 73.6 Å². The quantitative estimate of drug-likeness (QED) is 0.739. The summed E-state index contributed by atoms with van der Waals surface area (Å²) in [5.41, 5.74) is 5.35. The number of primary amides is 1. The predicted molar refractivity (Wildman–Crippen MR) is 70.2 cm³/mol. The fraction of sp³-hybridized carbons (Fsp3) is 0.923. The molecular formula is C13H26N2O3. The van der Waals surface area contributed by atoms with Crippen molar-refractivity contribution in [1.82, 2.24) is 5.32 Å². The summed E-state index contributed by atoms with van der Waals surface area (Å²) < 4.78 is 11.5. The molecule has 1 heterocycles. The summed E-state index contributed by atoms with van der Waals surface area (Å²) in [6.45, 7) is 8.38. The molecule has 0 aromatic carbocycles. The molecule has 3 atom stereocenters. The van der Waals surface area contributed by atoms with Gasteiger partial charge in [0.2, 0.25) is 5.91 Å². The highest BCUT2D eigenvalue weighted by atomic mass is 16.5. The molecular weight excluding hydrogens is 232 g/mol. The average molecular weight is 258 g/mol. The zero-order chi connectivity index (χ0) is 13.7. The monoisotopic (exact) mass is 258 g/mol. The lowest BCUT2D eigenvalue weighted by Gasteiger charge is -2.32. The van der Waals surface area contributed by atoms with Crippen molar-refractivity contribution in [2.75, 3.05) is 6.61 Å². The van der Waals surface area contributed by atoms with Gasteiger partial charge in [-0.25, -0.2) is 0 Å². The van der Waals surface area contributed by atoms with Crippen molar-refractivity contribution in [3.8, 4) is 0 Å². The summed E-state index contributed by atoms with van der Waals surface area (Å²) in [5.74, 6) is -0.364. The van der Waals surface area contributed by atoms with Crippen LogP contribution < -0.4 is 11.1 Å². The van der Waals surface area contributed by atoms with Crippen LogP contribution in [0.3, 0.4) is 0 Å². The number of nitrogens with two attached hydrogens (primary N) is 1. The standard InChI is InChI=1S/C13H26N2O3/c1-8(2)15-12(13(14)16)7-17-11-5-9(3)18-10(4)6-11/h8-12,15H,5-7H2,1-4H3,(H2,14,16). The first-order valence-corrected chi connectivity index (χ1v) is 6.71. The summed E-state index contributed by atoms with van der Waals surface area (Å²) in [6.07, 6.45) is 2.32. The predicted octanol–water partition coefficient (Wildman–Crippen LogP) is 0.811. The lowest BCUT2D eigenvalue weighted by Crippen LogP contribution is -2.48. The van der Waals surface area contributed by atoms with Crippen molar-refractivity contribution in [3.05, 3.63) is 0 Å². The second kappa shape index (κ2) is 7.07. The van der Waals surface area contributed by atoms with E-state index >= 15 is 0 Å². The Morgan fingerprint density at radius 3 is 2.39 bits per heavy atom. The van der Waals surface area contributed by atoms with Gasteiger partial charge in [0.1, 0.15) is 6.04 Å². The van der Waals surface area contributed by atoms with Crippen LogP contribution in [-0.4, -0.2) is 42.9 Å². The largest absolute Gasteiger partial charge is 0.376 e. The van der Waals surface area contributed by atoms with E-state index < -0.39 is 6.04 Å². The van der Waals surface area contributed by atoms with Gasteiger partial charge in [-0.2, -0.15) is 0 Å².